The van der Waals surface area contributed by atoms with Gasteiger partial charge in [0.1, 0.15) is 0 Å². The number of hydrogen-bond donors (Lipinski definition) is 1. The van der Waals surface area contributed by atoms with Crippen LogP contribution in [0.15, 0.2) is 11.4 Å². The highest BCUT2D eigenvalue weighted by Gasteiger charge is 2.31. The van der Waals surface area contributed by atoms with Crippen LogP contribution in [-0.4, -0.2) is 55.0 Å². The summed E-state index contributed by atoms with van der Waals surface area (Å²) < 4.78 is 23.1. The van der Waals surface area contributed by atoms with Gasteiger partial charge in [-0.25, -0.2) is 8.42 Å². The molecule has 0 saturated carbocycles. The normalized spacial score (nSPS) is 20.7. The van der Waals surface area contributed by atoms with E-state index in [1.54, 1.807) is 23.3 Å². The van der Waals surface area contributed by atoms with Gasteiger partial charge in [-0.2, -0.15) is 0 Å². The van der Waals surface area contributed by atoms with Gasteiger partial charge in [-0.1, -0.05) is 11.8 Å². The van der Waals surface area contributed by atoms with Crippen LogP contribution >= 0.6 is 11.3 Å². The summed E-state index contributed by atoms with van der Waals surface area (Å²) >= 11 is 1.37. The number of hydrogen-bond acceptors (Lipinski definition) is 5. The number of carbonyl (C=O) groups excluding carboxylic acids is 1. The van der Waals surface area contributed by atoms with Gasteiger partial charge in [0.2, 0.25) is 0 Å². The van der Waals surface area contributed by atoms with E-state index in [4.69, 9.17) is 5.11 Å². The summed E-state index contributed by atoms with van der Waals surface area (Å²) in [5.74, 6) is 5.59. The Morgan fingerprint density at radius 2 is 2.33 bits per heavy atom. The average Bonchev–Trinajstić information content (AvgIpc) is 2.86. The molecule has 2 rings (SSSR count). The van der Waals surface area contributed by atoms with Gasteiger partial charge < -0.3 is 10.0 Å². The Hall–Kier alpha value is -1.36. The summed E-state index contributed by atoms with van der Waals surface area (Å²) in [4.78, 5) is 14.8. The number of carbonyl (C=O) groups is 1. The zero-order chi connectivity index (χ0) is 15.5. The molecule has 1 fully saturated rings. The molecule has 2 heterocycles. The van der Waals surface area contributed by atoms with E-state index in [0.717, 1.165) is 4.88 Å². The van der Waals surface area contributed by atoms with Crippen molar-refractivity contribution in [3.63, 3.8) is 0 Å². The standard InChI is InChI=1S/C14H17NO4S2/c1-11-10-21(18,19)7-5-15(11)14(17)12-8-13(20-9-12)4-2-3-6-16/h8-9,11,16H,3,5-7,10H2,1H3. The fraction of sp³-hybridized carbons (Fsp3) is 0.500. The molecule has 114 valence electrons. The van der Waals surface area contributed by atoms with Crippen molar-refractivity contribution in [1.82, 2.24) is 4.90 Å². The molecule has 1 aliphatic heterocycles. The highest BCUT2D eigenvalue weighted by Crippen LogP contribution is 2.19. The van der Waals surface area contributed by atoms with Crippen LogP contribution in [0, 0.1) is 11.8 Å². The van der Waals surface area contributed by atoms with Crippen molar-refractivity contribution in [1.29, 1.82) is 0 Å². The average molecular weight is 327 g/mol. The van der Waals surface area contributed by atoms with Crippen molar-refractivity contribution in [3.8, 4) is 11.8 Å². The summed E-state index contributed by atoms with van der Waals surface area (Å²) in [7, 11) is -3.03. The van der Waals surface area contributed by atoms with E-state index in [1.807, 2.05) is 0 Å². The van der Waals surface area contributed by atoms with E-state index < -0.39 is 9.84 Å². The molecule has 1 amide bonds. The van der Waals surface area contributed by atoms with Gasteiger partial charge >= 0.3 is 0 Å². The fourth-order valence-electron chi connectivity index (χ4n) is 2.19. The Kier molecular flexibility index (Phi) is 5.04. The van der Waals surface area contributed by atoms with E-state index in [1.165, 1.54) is 11.3 Å². The lowest BCUT2D eigenvalue weighted by atomic mass is 10.2. The summed E-state index contributed by atoms with van der Waals surface area (Å²) in [6.07, 6.45) is 0.405. The molecule has 1 unspecified atom stereocenters. The first-order valence-electron chi connectivity index (χ1n) is 6.62. The third kappa shape index (κ3) is 4.06. The molecular weight excluding hydrogens is 310 g/mol. The zero-order valence-corrected chi connectivity index (χ0v) is 13.3. The second-order valence-electron chi connectivity index (χ2n) is 4.94. The van der Waals surface area contributed by atoms with Crippen LogP contribution in [-0.2, 0) is 9.84 Å². The van der Waals surface area contributed by atoms with E-state index in [2.05, 4.69) is 11.8 Å². The summed E-state index contributed by atoms with van der Waals surface area (Å²) in [5.41, 5.74) is 0.541. The lowest BCUT2D eigenvalue weighted by Gasteiger charge is -2.32. The molecule has 0 spiro atoms. The minimum atomic E-state index is -3.03. The number of sulfone groups is 1. The molecule has 0 aromatic carbocycles. The first-order chi connectivity index (χ1) is 9.93. The third-order valence-electron chi connectivity index (χ3n) is 3.23. The molecule has 7 heteroatoms. The largest absolute Gasteiger partial charge is 0.395 e. The highest BCUT2D eigenvalue weighted by atomic mass is 32.2. The minimum absolute atomic E-state index is 0.0178. The fourth-order valence-corrected chi connectivity index (χ4v) is 4.49. The highest BCUT2D eigenvalue weighted by molar-refractivity contribution is 7.91. The maximum absolute atomic E-state index is 12.4. The van der Waals surface area contributed by atoms with Gasteiger partial charge in [-0.05, 0) is 13.0 Å². The molecule has 0 radical (unpaired) electrons. The van der Waals surface area contributed by atoms with Gasteiger partial charge in [0.25, 0.3) is 5.91 Å². The van der Waals surface area contributed by atoms with Gasteiger partial charge in [0.05, 0.1) is 28.6 Å². The van der Waals surface area contributed by atoms with Crippen molar-refractivity contribution >= 4 is 27.1 Å². The summed E-state index contributed by atoms with van der Waals surface area (Å²) in [6, 6.07) is 1.41. The van der Waals surface area contributed by atoms with Gasteiger partial charge in [-0.15, -0.1) is 11.3 Å². The second kappa shape index (κ2) is 6.60. The number of rotatable bonds is 2. The van der Waals surface area contributed by atoms with Gasteiger partial charge in [0.15, 0.2) is 9.84 Å². The van der Waals surface area contributed by atoms with Crippen LogP contribution < -0.4 is 0 Å². The van der Waals surface area contributed by atoms with Crippen molar-refractivity contribution in [2.75, 3.05) is 24.7 Å². The van der Waals surface area contributed by atoms with Crippen LogP contribution in [0.5, 0.6) is 0 Å². The Morgan fingerprint density at radius 1 is 1.57 bits per heavy atom. The zero-order valence-electron chi connectivity index (χ0n) is 11.7. The van der Waals surface area contributed by atoms with E-state index in [0.29, 0.717) is 12.0 Å². The monoisotopic (exact) mass is 327 g/mol. The Balaban J connectivity index is 2.09. The Morgan fingerprint density at radius 3 is 3.00 bits per heavy atom. The maximum Gasteiger partial charge on any atom is 0.255 e. The van der Waals surface area contributed by atoms with E-state index in [9.17, 15) is 13.2 Å². The Labute approximate surface area is 128 Å². The Bertz CT molecular complexity index is 681. The molecule has 0 bridgehead atoms. The number of aliphatic hydroxyl groups is 1. The number of amides is 1. The van der Waals surface area contributed by atoms with Crippen LogP contribution in [0.3, 0.4) is 0 Å². The van der Waals surface area contributed by atoms with Gasteiger partial charge in [-0.3, -0.25) is 4.79 Å². The van der Waals surface area contributed by atoms with Crippen molar-refractivity contribution in [2.45, 2.75) is 19.4 Å². The number of thiophene rings is 1. The number of nitrogens with zero attached hydrogens (tertiary/aromatic N) is 1. The molecule has 1 N–H and O–H groups in total. The molecular formula is C14H17NO4S2. The minimum Gasteiger partial charge on any atom is -0.395 e. The molecule has 1 saturated heterocycles. The summed E-state index contributed by atoms with van der Waals surface area (Å²) in [6.45, 7) is 2.01. The van der Waals surface area contributed by atoms with E-state index >= 15 is 0 Å². The topological polar surface area (TPSA) is 74.7 Å². The lowest BCUT2D eigenvalue weighted by Crippen LogP contribution is -2.49. The van der Waals surface area contributed by atoms with Crippen LogP contribution in [0.1, 0.15) is 28.6 Å². The molecule has 0 aliphatic carbocycles. The quantitative estimate of drug-likeness (QED) is 0.813. The first-order valence-corrected chi connectivity index (χ1v) is 9.33. The van der Waals surface area contributed by atoms with Crippen molar-refractivity contribution < 1.29 is 18.3 Å². The SMILES string of the molecule is CC1CS(=O)(=O)CCN1C(=O)c1csc(C#CCCO)c1. The molecule has 1 aromatic heterocycles. The molecule has 5 nitrogen and oxygen atoms in total. The first kappa shape index (κ1) is 16.0. The second-order valence-corrected chi connectivity index (χ2v) is 8.08. The molecule has 1 aromatic rings. The molecule has 1 aliphatic rings. The molecule has 21 heavy (non-hydrogen) atoms. The maximum atomic E-state index is 12.4. The lowest BCUT2D eigenvalue weighted by molar-refractivity contribution is 0.0713. The number of aliphatic hydroxyl groups excluding tert-OH is 1. The predicted octanol–water partition coefficient (Wildman–Crippen LogP) is 0.741. The smallest absolute Gasteiger partial charge is 0.255 e. The van der Waals surface area contributed by atoms with Crippen LogP contribution in [0.4, 0.5) is 0 Å². The van der Waals surface area contributed by atoms with Crippen LogP contribution in [0.2, 0.25) is 0 Å². The predicted molar refractivity (Wildman–Crippen MR) is 82.1 cm³/mol. The molecule has 1 atom stereocenters. The van der Waals surface area contributed by atoms with Crippen molar-refractivity contribution in [3.05, 3.63) is 21.9 Å². The van der Waals surface area contributed by atoms with Crippen LogP contribution in [0.25, 0.3) is 0 Å². The third-order valence-corrected chi connectivity index (χ3v) is 5.87. The van der Waals surface area contributed by atoms with E-state index in [-0.39, 0.29) is 36.6 Å². The van der Waals surface area contributed by atoms with Crippen molar-refractivity contribution in [2.24, 2.45) is 0 Å². The van der Waals surface area contributed by atoms with Gasteiger partial charge in [0, 0.05) is 24.4 Å². The summed E-state index contributed by atoms with van der Waals surface area (Å²) in [5, 5.41) is 10.4.